The highest BCUT2D eigenvalue weighted by molar-refractivity contribution is 9.10. The number of aromatic nitrogens is 2. The highest BCUT2D eigenvalue weighted by atomic mass is 79.9. The number of hydrogen-bond acceptors (Lipinski definition) is 4. The fourth-order valence-electron chi connectivity index (χ4n) is 1.28. The molecular weight excluding hydrogens is 286 g/mol. The van der Waals surface area contributed by atoms with Gasteiger partial charge in [0.25, 0.3) is 0 Å². The van der Waals surface area contributed by atoms with Gasteiger partial charge in [-0.2, -0.15) is 0 Å². The van der Waals surface area contributed by atoms with E-state index in [4.69, 9.17) is 0 Å². The van der Waals surface area contributed by atoms with Crippen molar-refractivity contribution in [1.82, 2.24) is 10.2 Å². The van der Waals surface area contributed by atoms with E-state index < -0.39 is 0 Å². The van der Waals surface area contributed by atoms with E-state index in [9.17, 15) is 0 Å². The monoisotopic (exact) mass is 297 g/mol. The Kier molecular flexibility index (Phi) is 3.90. The predicted octanol–water partition coefficient (Wildman–Crippen LogP) is 3.48. The Bertz CT molecular complexity index is 470. The molecule has 0 saturated carbocycles. The number of anilines is 1. The van der Waals surface area contributed by atoms with Crippen molar-refractivity contribution in [2.45, 2.75) is 19.9 Å². The van der Waals surface area contributed by atoms with E-state index in [-0.39, 0.29) is 0 Å². The van der Waals surface area contributed by atoms with Crippen molar-refractivity contribution in [3.63, 3.8) is 0 Å². The van der Waals surface area contributed by atoms with Gasteiger partial charge in [-0.15, -0.1) is 10.2 Å². The van der Waals surface area contributed by atoms with E-state index in [0.29, 0.717) is 0 Å². The number of nitrogens with one attached hydrogen (secondary N) is 1. The Labute approximate surface area is 107 Å². The first-order chi connectivity index (χ1) is 7.79. The van der Waals surface area contributed by atoms with E-state index in [1.54, 1.807) is 11.3 Å². The summed E-state index contributed by atoms with van der Waals surface area (Å²) in [7, 11) is 0. The van der Waals surface area contributed by atoms with E-state index in [0.717, 1.165) is 27.6 Å². The quantitative estimate of drug-likeness (QED) is 0.939. The standard InChI is InChI=1S/C11H12BrN3S/c1-2-10-14-15-11(16-10)13-7-8-5-3-4-6-9(8)12/h3-6H,2,7H2,1H3,(H,13,15). The topological polar surface area (TPSA) is 37.8 Å². The minimum atomic E-state index is 0.764. The molecule has 0 spiro atoms. The van der Waals surface area contributed by atoms with Crippen LogP contribution in [0.3, 0.4) is 0 Å². The highest BCUT2D eigenvalue weighted by Crippen LogP contribution is 2.19. The van der Waals surface area contributed by atoms with Crippen LogP contribution in [0.2, 0.25) is 0 Å². The zero-order valence-corrected chi connectivity index (χ0v) is 11.3. The first-order valence-electron chi connectivity index (χ1n) is 5.09. The molecule has 5 heteroatoms. The number of hydrogen-bond donors (Lipinski definition) is 1. The Morgan fingerprint density at radius 2 is 2.12 bits per heavy atom. The molecule has 0 aliphatic rings. The maximum Gasteiger partial charge on any atom is 0.205 e. The average molecular weight is 298 g/mol. The van der Waals surface area contributed by atoms with E-state index >= 15 is 0 Å². The third kappa shape index (κ3) is 2.80. The summed E-state index contributed by atoms with van der Waals surface area (Å²) >= 11 is 5.13. The molecule has 16 heavy (non-hydrogen) atoms. The molecule has 0 saturated heterocycles. The molecule has 1 aromatic carbocycles. The molecule has 1 aromatic heterocycles. The van der Waals surface area contributed by atoms with Crippen LogP contribution in [0.4, 0.5) is 5.13 Å². The summed E-state index contributed by atoms with van der Waals surface area (Å²) in [6.07, 6.45) is 0.939. The maximum atomic E-state index is 4.07. The van der Waals surface area contributed by atoms with Crippen molar-refractivity contribution in [3.05, 3.63) is 39.3 Å². The fourth-order valence-corrected chi connectivity index (χ4v) is 2.38. The number of benzene rings is 1. The summed E-state index contributed by atoms with van der Waals surface area (Å²) in [6, 6.07) is 8.15. The molecular formula is C11H12BrN3S. The van der Waals surface area contributed by atoms with Crippen LogP contribution in [0.15, 0.2) is 28.7 Å². The summed E-state index contributed by atoms with van der Waals surface area (Å²) in [5, 5.41) is 13.4. The van der Waals surface area contributed by atoms with Gasteiger partial charge in [0.15, 0.2) is 0 Å². The minimum absolute atomic E-state index is 0.764. The number of aryl methyl sites for hydroxylation is 1. The molecule has 2 aromatic rings. The van der Waals surface area contributed by atoms with Crippen LogP contribution >= 0.6 is 27.3 Å². The Balaban J connectivity index is 1.99. The fraction of sp³-hybridized carbons (Fsp3) is 0.273. The molecule has 0 atom stereocenters. The third-order valence-electron chi connectivity index (χ3n) is 2.16. The largest absolute Gasteiger partial charge is 0.356 e. The van der Waals surface area contributed by atoms with E-state index in [1.807, 2.05) is 18.2 Å². The second-order valence-corrected chi connectivity index (χ2v) is 5.22. The molecule has 0 unspecified atom stereocenters. The first-order valence-corrected chi connectivity index (χ1v) is 6.70. The normalized spacial score (nSPS) is 10.4. The summed E-state index contributed by atoms with van der Waals surface area (Å²) in [4.78, 5) is 0. The Morgan fingerprint density at radius 1 is 1.31 bits per heavy atom. The zero-order chi connectivity index (χ0) is 11.4. The second kappa shape index (κ2) is 5.41. The Morgan fingerprint density at radius 3 is 2.81 bits per heavy atom. The molecule has 1 heterocycles. The lowest BCUT2D eigenvalue weighted by Gasteiger charge is -2.04. The van der Waals surface area contributed by atoms with Gasteiger partial charge in [-0.3, -0.25) is 0 Å². The van der Waals surface area contributed by atoms with Gasteiger partial charge >= 0.3 is 0 Å². The third-order valence-corrected chi connectivity index (χ3v) is 3.96. The van der Waals surface area contributed by atoms with Crippen molar-refractivity contribution < 1.29 is 0 Å². The van der Waals surface area contributed by atoms with Gasteiger partial charge in [0, 0.05) is 11.0 Å². The zero-order valence-electron chi connectivity index (χ0n) is 8.90. The summed E-state index contributed by atoms with van der Waals surface area (Å²) in [5.74, 6) is 0. The number of halogens is 1. The lowest BCUT2D eigenvalue weighted by molar-refractivity contribution is 0.975. The van der Waals surface area contributed by atoms with E-state index in [1.165, 1.54) is 5.56 Å². The van der Waals surface area contributed by atoms with Gasteiger partial charge in [0.2, 0.25) is 5.13 Å². The molecule has 84 valence electrons. The number of nitrogens with zero attached hydrogens (tertiary/aromatic N) is 2. The highest BCUT2D eigenvalue weighted by Gasteiger charge is 2.03. The minimum Gasteiger partial charge on any atom is -0.356 e. The molecule has 0 aliphatic carbocycles. The van der Waals surface area contributed by atoms with Crippen LogP contribution in [0.25, 0.3) is 0 Å². The van der Waals surface area contributed by atoms with Crippen LogP contribution in [-0.2, 0) is 13.0 Å². The van der Waals surface area contributed by atoms with Crippen molar-refractivity contribution >= 4 is 32.4 Å². The predicted molar refractivity (Wildman–Crippen MR) is 70.8 cm³/mol. The van der Waals surface area contributed by atoms with Crippen molar-refractivity contribution in [3.8, 4) is 0 Å². The lowest BCUT2D eigenvalue weighted by atomic mass is 10.2. The van der Waals surface area contributed by atoms with E-state index in [2.05, 4.69) is 44.4 Å². The smallest absolute Gasteiger partial charge is 0.205 e. The van der Waals surface area contributed by atoms with Crippen LogP contribution in [0, 0.1) is 0 Å². The average Bonchev–Trinajstić information content (AvgIpc) is 2.76. The summed E-state index contributed by atoms with van der Waals surface area (Å²) < 4.78 is 1.11. The maximum absolute atomic E-state index is 4.07. The Hall–Kier alpha value is -0.940. The molecule has 3 nitrogen and oxygen atoms in total. The second-order valence-electron chi connectivity index (χ2n) is 3.30. The van der Waals surface area contributed by atoms with Gasteiger partial charge < -0.3 is 5.32 Å². The van der Waals surface area contributed by atoms with Crippen LogP contribution < -0.4 is 5.32 Å². The molecule has 0 aliphatic heterocycles. The van der Waals surface area contributed by atoms with Crippen molar-refractivity contribution in [1.29, 1.82) is 0 Å². The van der Waals surface area contributed by atoms with Gasteiger partial charge in [-0.25, -0.2) is 0 Å². The number of rotatable bonds is 4. The van der Waals surface area contributed by atoms with Crippen LogP contribution in [0.1, 0.15) is 17.5 Å². The molecule has 2 rings (SSSR count). The summed E-state index contributed by atoms with van der Waals surface area (Å²) in [5.41, 5.74) is 1.22. The summed E-state index contributed by atoms with van der Waals surface area (Å²) in [6.45, 7) is 2.85. The molecule has 0 amide bonds. The first kappa shape index (κ1) is 11.5. The van der Waals surface area contributed by atoms with Gasteiger partial charge in [-0.1, -0.05) is 52.4 Å². The van der Waals surface area contributed by atoms with Gasteiger partial charge in [-0.05, 0) is 18.1 Å². The van der Waals surface area contributed by atoms with Crippen molar-refractivity contribution in [2.24, 2.45) is 0 Å². The SMILES string of the molecule is CCc1nnc(NCc2ccccc2Br)s1. The molecule has 0 bridgehead atoms. The van der Waals surface area contributed by atoms with Gasteiger partial charge in [0.1, 0.15) is 5.01 Å². The van der Waals surface area contributed by atoms with Crippen molar-refractivity contribution in [2.75, 3.05) is 5.32 Å². The molecule has 0 fully saturated rings. The van der Waals surface area contributed by atoms with Crippen LogP contribution in [-0.4, -0.2) is 10.2 Å². The molecule has 1 N–H and O–H groups in total. The lowest BCUT2D eigenvalue weighted by Crippen LogP contribution is -1.99. The molecule has 0 radical (unpaired) electrons. The van der Waals surface area contributed by atoms with Crippen LogP contribution in [0.5, 0.6) is 0 Å². The van der Waals surface area contributed by atoms with Gasteiger partial charge in [0.05, 0.1) is 0 Å².